The smallest absolute Gasteiger partial charge is 0.271 e. The van der Waals surface area contributed by atoms with Crippen LogP contribution >= 0.6 is 56.8 Å². The van der Waals surface area contributed by atoms with Gasteiger partial charge in [0.05, 0.1) is 5.56 Å². The fourth-order valence-electron chi connectivity index (χ4n) is 0.852. The van der Waals surface area contributed by atoms with E-state index in [0.29, 0.717) is 7.27 Å². The highest BCUT2D eigenvalue weighted by Crippen LogP contribution is 2.28. The lowest BCUT2D eigenvalue weighted by atomic mass is 10.2. The lowest BCUT2D eigenvalue weighted by Crippen LogP contribution is -2.06. The largest absolute Gasteiger partial charge is 0.274 e. The van der Waals surface area contributed by atoms with Crippen molar-refractivity contribution in [3.8, 4) is 0 Å². The molecule has 0 bridgehead atoms. The summed E-state index contributed by atoms with van der Waals surface area (Å²) < 4.78 is 25.8. The second-order valence-corrected chi connectivity index (χ2v) is 4.87. The van der Waals surface area contributed by atoms with Crippen LogP contribution in [0.2, 0.25) is 0 Å². The Kier molecular flexibility index (Phi) is 4.44. The van der Waals surface area contributed by atoms with Crippen molar-refractivity contribution in [2.75, 3.05) is 0 Å². The van der Waals surface area contributed by atoms with Crippen LogP contribution in [0.3, 0.4) is 0 Å². The van der Waals surface area contributed by atoms with Crippen LogP contribution in [0.4, 0.5) is 8.78 Å². The minimum atomic E-state index is -2.75. The summed E-state index contributed by atoms with van der Waals surface area (Å²) in [5.74, 6) is 0. The molecule has 0 radical (unpaired) electrons. The number of halogens is 5. The molecule has 0 saturated carbocycles. The minimum absolute atomic E-state index is 0.293. The van der Waals surface area contributed by atoms with Crippen molar-refractivity contribution in [3.05, 3.63) is 24.6 Å². The number of hydrogen-bond donors (Lipinski definition) is 0. The topological polar surface area (TPSA) is 30.0 Å². The Morgan fingerprint density at radius 3 is 2.50 bits per heavy atom. The van der Waals surface area contributed by atoms with Crippen LogP contribution in [-0.4, -0.2) is 10.2 Å². The third kappa shape index (κ3) is 2.72. The Morgan fingerprint density at radius 1 is 1.50 bits per heavy atom. The lowest BCUT2D eigenvalue weighted by molar-refractivity contribution is 0.106. The maximum absolute atomic E-state index is 12.5. The number of pyridine rings is 1. The number of aromatic nitrogens is 1. The zero-order chi connectivity index (χ0) is 10.9. The summed E-state index contributed by atoms with van der Waals surface area (Å²) in [4.78, 5) is 14.5. The van der Waals surface area contributed by atoms with Gasteiger partial charge in [0.15, 0.2) is 0 Å². The maximum Gasteiger partial charge on any atom is 0.271 e. The van der Waals surface area contributed by atoms with Crippen molar-refractivity contribution in [2.45, 2.75) is 6.43 Å². The molecule has 0 aliphatic heterocycles. The quantitative estimate of drug-likeness (QED) is 0.397. The van der Waals surface area contributed by atoms with E-state index in [1.807, 2.05) is 22.6 Å². The van der Waals surface area contributed by atoms with Gasteiger partial charge in [-0.15, -0.1) is 0 Å². The normalized spacial score (nSPS) is 10.7. The van der Waals surface area contributed by atoms with Crippen molar-refractivity contribution < 1.29 is 13.6 Å². The monoisotopic (exact) mass is 443 g/mol. The average Bonchev–Trinajstić information content (AvgIpc) is 2.01. The predicted octanol–water partition coefficient (Wildman–Crippen LogP) is 3.61. The van der Waals surface area contributed by atoms with Crippen LogP contribution in [0.1, 0.15) is 22.5 Å². The molecule has 1 rings (SSSR count). The molecular formula is C7H2ClF2I2NO. The zero-order valence-electron chi connectivity index (χ0n) is 6.40. The highest BCUT2D eigenvalue weighted by atomic mass is 127. The molecule has 1 aromatic rings. The Morgan fingerprint density at radius 2 is 2.07 bits per heavy atom. The third-order valence-corrected chi connectivity index (χ3v) is 3.01. The summed E-state index contributed by atoms with van der Waals surface area (Å²) in [6.07, 6.45) is -2.75. The fraction of sp³-hybridized carbons (Fsp3) is 0.143. The first kappa shape index (κ1) is 12.5. The van der Waals surface area contributed by atoms with E-state index in [4.69, 9.17) is 11.6 Å². The Bertz CT molecular complexity index is 386. The molecule has 0 atom stereocenters. The molecule has 0 aliphatic rings. The number of rotatable bonds is 2. The van der Waals surface area contributed by atoms with Crippen molar-refractivity contribution in [1.82, 2.24) is 4.98 Å². The van der Waals surface area contributed by atoms with Gasteiger partial charge in [0.1, 0.15) is 9.39 Å². The summed E-state index contributed by atoms with van der Waals surface area (Å²) in [7, 11) is 0. The molecule has 0 aromatic carbocycles. The summed E-state index contributed by atoms with van der Waals surface area (Å²) >= 11 is 8.71. The molecule has 7 heteroatoms. The SMILES string of the molecule is O=C(Cl)c1nc(I)cc(I)c1C(F)F. The standard InChI is InChI=1S/C7H2ClF2I2NO/c8-6(14)5-4(7(9)10)2(11)1-3(12)13-5/h1,7H. The molecule has 0 N–H and O–H groups in total. The van der Waals surface area contributed by atoms with Crippen LogP contribution in [-0.2, 0) is 0 Å². The molecule has 76 valence electrons. The number of carbonyl (C=O) groups excluding carboxylic acids is 1. The van der Waals surface area contributed by atoms with E-state index in [9.17, 15) is 13.6 Å². The second kappa shape index (κ2) is 4.97. The summed E-state index contributed by atoms with van der Waals surface area (Å²) in [6.45, 7) is 0. The van der Waals surface area contributed by atoms with Gasteiger partial charge in [0.2, 0.25) is 0 Å². The molecule has 0 saturated heterocycles. The van der Waals surface area contributed by atoms with E-state index in [0.717, 1.165) is 0 Å². The Balaban J connectivity index is 3.44. The van der Waals surface area contributed by atoms with Gasteiger partial charge in [0, 0.05) is 3.57 Å². The highest BCUT2D eigenvalue weighted by Gasteiger charge is 2.22. The van der Waals surface area contributed by atoms with Crippen LogP contribution in [0.5, 0.6) is 0 Å². The summed E-state index contributed by atoms with van der Waals surface area (Å²) in [5, 5.41) is -0.961. The summed E-state index contributed by atoms with van der Waals surface area (Å²) in [6, 6.07) is 1.46. The van der Waals surface area contributed by atoms with E-state index in [1.54, 1.807) is 22.6 Å². The molecule has 1 heterocycles. The first-order valence-corrected chi connectivity index (χ1v) is 5.81. The van der Waals surface area contributed by atoms with Crippen LogP contribution < -0.4 is 0 Å². The van der Waals surface area contributed by atoms with Crippen molar-refractivity contribution in [3.63, 3.8) is 0 Å². The average molecular weight is 443 g/mol. The molecule has 0 amide bonds. The van der Waals surface area contributed by atoms with E-state index >= 15 is 0 Å². The van der Waals surface area contributed by atoms with Gasteiger partial charge in [0.25, 0.3) is 11.7 Å². The molecule has 14 heavy (non-hydrogen) atoms. The minimum Gasteiger partial charge on any atom is -0.274 e. The lowest BCUT2D eigenvalue weighted by Gasteiger charge is -2.07. The number of alkyl halides is 2. The van der Waals surface area contributed by atoms with Gasteiger partial charge in [-0.2, -0.15) is 0 Å². The summed E-state index contributed by atoms with van der Waals surface area (Å²) in [5.41, 5.74) is -0.760. The molecule has 2 nitrogen and oxygen atoms in total. The third-order valence-electron chi connectivity index (χ3n) is 1.38. The van der Waals surface area contributed by atoms with Crippen molar-refractivity contribution in [2.24, 2.45) is 0 Å². The van der Waals surface area contributed by atoms with Crippen LogP contribution in [0.25, 0.3) is 0 Å². The number of carbonyl (C=O) groups is 1. The first-order valence-electron chi connectivity index (χ1n) is 3.27. The second-order valence-electron chi connectivity index (χ2n) is 2.26. The van der Waals surface area contributed by atoms with Crippen molar-refractivity contribution in [1.29, 1.82) is 0 Å². The van der Waals surface area contributed by atoms with E-state index < -0.39 is 17.2 Å². The maximum atomic E-state index is 12.5. The Hall–Kier alpha value is 0.430. The van der Waals surface area contributed by atoms with E-state index in [-0.39, 0.29) is 5.69 Å². The molecule has 0 unspecified atom stereocenters. The molecule has 0 aliphatic carbocycles. The molecular weight excluding hydrogens is 441 g/mol. The highest BCUT2D eigenvalue weighted by molar-refractivity contribution is 14.1. The molecule has 1 aromatic heterocycles. The van der Waals surface area contributed by atoms with Gasteiger partial charge in [-0.05, 0) is 62.8 Å². The predicted molar refractivity (Wildman–Crippen MR) is 64.8 cm³/mol. The Labute approximate surface area is 111 Å². The van der Waals surface area contributed by atoms with Crippen LogP contribution in [0.15, 0.2) is 6.07 Å². The van der Waals surface area contributed by atoms with Gasteiger partial charge in [-0.3, -0.25) is 4.79 Å². The van der Waals surface area contributed by atoms with Gasteiger partial charge >= 0.3 is 0 Å². The number of nitrogens with zero attached hydrogens (tertiary/aromatic N) is 1. The van der Waals surface area contributed by atoms with Gasteiger partial charge in [-0.25, -0.2) is 13.8 Å². The van der Waals surface area contributed by atoms with E-state index in [1.165, 1.54) is 6.07 Å². The van der Waals surface area contributed by atoms with E-state index in [2.05, 4.69) is 4.98 Å². The van der Waals surface area contributed by atoms with Crippen molar-refractivity contribution >= 4 is 62.0 Å². The zero-order valence-corrected chi connectivity index (χ0v) is 11.5. The van der Waals surface area contributed by atoms with Gasteiger partial charge < -0.3 is 0 Å². The number of hydrogen-bond acceptors (Lipinski definition) is 2. The molecule has 0 fully saturated rings. The first-order chi connectivity index (χ1) is 6.43. The van der Waals surface area contributed by atoms with Gasteiger partial charge in [-0.1, -0.05) is 0 Å². The molecule has 0 spiro atoms. The fourth-order valence-corrected chi connectivity index (χ4v) is 2.93. The van der Waals surface area contributed by atoms with Crippen LogP contribution in [0, 0.1) is 7.27 Å².